The van der Waals surface area contributed by atoms with Gasteiger partial charge in [0, 0.05) is 25.1 Å². The van der Waals surface area contributed by atoms with Crippen molar-refractivity contribution in [1.82, 2.24) is 14.5 Å². The Kier molecular flexibility index (Phi) is 3.25. The quantitative estimate of drug-likeness (QED) is 0.681. The summed E-state index contributed by atoms with van der Waals surface area (Å²) >= 11 is 0. The van der Waals surface area contributed by atoms with Gasteiger partial charge in [0.1, 0.15) is 11.5 Å². The molecule has 1 aromatic carbocycles. The van der Waals surface area contributed by atoms with Crippen molar-refractivity contribution in [3.8, 4) is 11.4 Å². The predicted molar refractivity (Wildman–Crippen MR) is 81.7 cm³/mol. The number of fused-ring (bicyclic) bond motifs is 1. The molecule has 0 fully saturated rings. The molecule has 0 unspecified atom stereocenters. The molecule has 0 amide bonds. The van der Waals surface area contributed by atoms with E-state index in [0.717, 1.165) is 6.26 Å². The van der Waals surface area contributed by atoms with E-state index in [-0.39, 0.29) is 16.7 Å². The number of hydrogen-bond donors (Lipinski definition) is 0. The second-order valence-corrected chi connectivity index (χ2v) is 7.18. The van der Waals surface area contributed by atoms with Crippen LogP contribution in [0.3, 0.4) is 0 Å². The maximum absolute atomic E-state index is 13.3. The van der Waals surface area contributed by atoms with Gasteiger partial charge in [-0.15, -0.1) is 0 Å². The van der Waals surface area contributed by atoms with Crippen molar-refractivity contribution in [1.29, 1.82) is 0 Å². The summed E-state index contributed by atoms with van der Waals surface area (Å²) in [5, 5.41) is 0.463. The van der Waals surface area contributed by atoms with Gasteiger partial charge >= 0.3 is 0 Å². The molecule has 114 valence electrons. The van der Waals surface area contributed by atoms with Gasteiger partial charge in [-0.1, -0.05) is 0 Å². The number of aryl methyl sites for hydroxylation is 2. The molecule has 0 atom stereocenters. The third kappa shape index (κ3) is 2.37. The van der Waals surface area contributed by atoms with Crippen LogP contribution in [0.4, 0.5) is 4.39 Å². The maximum atomic E-state index is 13.3. The van der Waals surface area contributed by atoms with E-state index >= 15 is 0 Å². The van der Waals surface area contributed by atoms with Crippen LogP contribution in [0.5, 0.6) is 0 Å². The van der Waals surface area contributed by atoms with Gasteiger partial charge in [-0.2, -0.15) is 0 Å². The molecule has 3 rings (SSSR count). The number of sulfone groups is 1. The van der Waals surface area contributed by atoms with Gasteiger partial charge in [-0.05, 0) is 36.8 Å². The van der Waals surface area contributed by atoms with Crippen LogP contribution in [0.15, 0.2) is 35.5 Å². The fourth-order valence-electron chi connectivity index (χ4n) is 2.39. The first kappa shape index (κ1) is 14.6. The highest BCUT2D eigenvalue weighted by Crippen LogP contribution is 2.27. The number of benzene rings is 1. The fourth-order valence-corrected chi connectivity index (χ4v) is 3.20. The summed E-state index contributed by atoms with van der Waals surface area (Å²) in [7, 11) is -1.73. The average Bonchev–Trinajstić information content (AvgIpc) is 2.78. The molecule has 0 aliphatic carbocycles. The Hall–Kier alpha value is -2.28. The SMILES string of the molecule is Cc1cc(F)ccc1-c1nc(S(C)(=O)=O)c2ccn(C)c2n1. The summed E-state index contributed by atoms with van der Waals surface area (Å²) in [5.74, 6) is -0.0863. The number of aromatic nitrogens is 3. The molecule has 22 heavy (non-hydrogen) atoms. The summed E-state index contributed by atoms with van der Waals surface area (Å²) in [5.41, 5.74) is 1.77. The number of halogens is 1. The molecule has 0 aliphatic heterocycles. The fraction of sp³-hybridized carbons (Fsp3) is 0.200. The van der Waals surface area contributed by atoms with Crippen LogP contribution in [-0.2, 0) is 16.9 Å². The molecule has 5 nitrogen and oxygen atoms in total. The topological polar surface area (TPSA) is 64.8 Å². The number of hydrogen-bond acceptors (Lipinski definition) is 4. The standard InChI is InChI=1S/C15H14FN3O2S/c1-9-8-10(16)4-5-11(9)13-17-14-12(6-7-19(14)2)15(18-13)22(3,20)21/h4-8H,1-3H3. The Bertz CT molecular complexity index is 993. The molecule has 0 saturated heterocycles. The Morgan fingerprint density at radius 1 is 1.18 bits per heavy atom. The van der Waals surface area contributed by atoms with Crippen LogP contribution in [0.25, 0.3) is 22.4 Å². The molecule has 3 aromatic rings. The molecule has 0 aliphatic rings. The molecule has 0 N–H and O–H groups in total. The van der Waals surface area contributed by atoms with Crippen molar-refractivity contribution >= 4 is 20.9 Å². The van der Waals surface area contributed by atoms with E-state index in [1.165, 1.54) is 12.1 Å². The van der Waals surface area contributed by atoms with Crippen molar-refractivity contribution in [2.75, 3.05) is 6.26 Å². The molecule has 2 heterocycles. The van der Waals surface area contributed by atoms with Crippen LogP contribution < -0.4 is 0 Å². The zero-order valence-corrected chi connectivity index (χ0v) is 13.1. The lowest BCUT2D eigenvalue weighted by Crippen LogP contribution is -2.05. The van der Waals surface area contributed by atoms with Gasteiger partial charge in [0.15, 0.2) is 20.7 Å². The largest absolute Gasteiger partial charge is 0.335 e. The zero-order chi connectivity index (χ0) is 16.1. The zero-order valence-electron chi connectivity index (χ0n) is 12.3. The van der Waals surface area contributed by atoms with Crippen LogP contribution in [0.1, 0.15) is 5.56 Å². The highest BCUT2D eigenvalue weighted by molar-refractivity contribution is 7.90. The Morgan fingerprint density at radius 2 is 1.91 bits per heavy atom. The minimum atomic E-state index is -3.51. The third-order valence-electron chi connectivity index (χ3n) is 3.47. The van der Waals surface area contributed by atoms with E-state index < -0.39 is 9.84 Å². The Morgan fingerprint density at radius 3 is 2.55 bits per heavy atom. The van der Waals surface area contributed by atoms with Gasteiger partial charge < -0.3 is 4.57 Å². The molecule has 0 saturated carbocycles. The van der Waals surface area contributed by atoms with Crippen LogP contribution in [0.2, 0.25) is 0 Å². The smallest absolute Gasteiger partial charge is 0.193 e. The molecule has 7 heteroatoms. The lowest BCUT2D eigenvalue weighted by Gasteiger charge is -2.08. The summed E-state index contributed by atoms with van der Waals surface area (Å²) < 4.78 is 39.0. The summed E-state index contributed by atoms with van der Waals surface area (Å²) in [6, 6.07) is 5.91. The summed E-state index contributed by atoms with van der Waals surface area (Å²) in [4.78, 5) is 8.65. The Labute approximate surface area is 127 Å². The van der Waals surface area contributed by atoms with Gasteiger partial charge in [0.25, 0.3) is 0 Å². The van der Waals surface area contributed by atoms with Crippen LogP contribution >= 0.6 is 0 Å². The van der Waals surface area contributed by atoms with Gasteiger partial charge in [0.2, 0.25) is 0 Å². The maximum Gasteiger partial charge on any atom is 0.193 e. The van der Waals surface area contributed by atoms with E-state index in [1.807, 2.05) is 0 Å². The van der Waals surface area contributed by atoms with Crippen molar-refractivity contribution in [2.45, 2.75) is 11.9 Å². The van der Waals surface area contributed by atoms with Crippen molar-refractivity contribution in [3.63, 3.8) is 0 Å². The predicted octanol–water partition coefficient (Wildman–Crippen LogP) is 2.49. The first-order valence-electron chi connectivity index (χ1n) is 6.57. The number of nitrogens with zero attached hydrogens (tertiary/aromatic N) is 3. The van der Waals surface area contributed by atoms with E-state index in [4.69, 9.17) is 0 Å². The normalized spacial score (nSPS) is 12.0. The van der Waals surface area contributed by atoms with E-state index in [2.05, 4.69) is 9.97 Å². The van der Waals surface area contributed by atoms with E-state index in [1.54, 1.807) is 36.9 Å². The average molecular weight is 319 g/mol. The molecule has 0 radical (unpaired) electrons. The second-order valence-electron chi connectivity index (χ2n) is 5.25. The van der Waals surface area contributed by atoms with Gasteiger partial charge in [0.05, 0.1) is 5.39 Å². The van der Waals surface area contributed by atoms with Crippen molar-refractivity contribution < 1.29 is 12.8 Å². The molecule has 0 spiro atoms. The van der Waals surface area contributed by atoms with E-state index in [9.17, 15) is 12.8 Å². The first-order chi connectivity index (χ1) is 10.3. The summed E-state index contributed by atoms with van der Waals surface area (Å²) in [6.45, 7) is 1.73. The van der Waals surface area contributed by atoms with Crippen molar-refractivity contribution in [2.24, 2.45) is 7.05 Å². The van der Waals surface area contributed by atoms with Crippen LogP contribution in [-0.4, -0.2) is 29.2 Å². The lowest BCUT2D eigenvalue weighted by molar-refractivity contribution is 0.599. The molecular weight excluding hydrogens is 305 g/mol. The lowest BCUT2D eigenvalue weighted by atomic mass is 10.1. The highest BCUT2D eigenvalue weighted by Gasteiger charge is 2.19. The van der Waals surface area contributed by atoms with Crippen LogP contribution in [0, 0.1) is 12.7 Å². The Balaban J connectivity index is 2.38. The second kappa shape index (κ2) is 4.88. The van der Waals surface area contributed by atoms with Gasteiger partial charge in [-0.25, -0.2) is 22.8 Å². The minimum Gasteiger partial charge on any atom is -0.335 e. The number of rotatable bonds is 2. The molecule has 2 aromatic heterocycles. The minimum absolute atomic E-state index is 0.0168. The van der Waals surface area contributed by atoms with Crippen molar-refractivity contribution in [3.05, 3.63) is 41.8 Å². The summed E-state index contributed by atoms with van der Waals surface area (Å²) in [6.07, 6.45) is 2.85. The molecular formula is C15H14FN3O2S. The highest BCUT2D eigenvalue weighted by atomic mass is 32.2. The molecule has 0 bridgehead atoms. The van der Waals surface area contributed by atoms with E-state index in [0.29, 0.717) is 22.2 Å². The monoisotopic (exact) mass is 319 g/mol. The third-order valence-corrected chi connectivity index (χ3v) is 4.48. The first-order valence-corrected chi connectivity index (χ1v) is 8.46. The van der Waals surface area contributed by atoms with Gasteiger partial charge in [-0.3, -0.25) is 0 Å².